The highest BCUT2D eigenvalue weighted by atomic mass is 79.9. The second kappa shape index (κ2) is 2.26. The van der Waals surface area contributed by atoms with Crippen molar-refractivity contribution >= 4 is 15.9 Å². The standard InChI is InChI=1S/C8H13Br/c9-5-8-3-6-1-7(2-6)4-8/h6-8H,1-5H2. The van der Waals surface area contributed by atoms with Gasteiger partial charge in [0.1, 0.15) is 0 Å². The Morgan fingerprint density at radius 2 is 1.56 bits per heavy atom. The van der Waals surface area contributed by atoms with Gasteiger partial charge in [0.15, 0.2) is 0 Å². The lowest BCUT2D eigenvalue weighted by molar-refractivity contribution is 0.0774. The number of halogens is 1. The lowest BCUT2D eigenvalue weighted by Crippen LogP contribution is -2.34. The summed E-state index contributed by atoms with van der Waals surface area (Å²) in [6, 6.07) is 0. The van der Waals surface area contributed by atoms with Gasteiger partial charge >= 0.3 is 0 Å². The fraction of sp³-hybridized carbons (Fsp3) is 1.00. The van der Waals surface area contributed by atoms with E-state index >= 15 is 0 Å². The quantitative estimate of drug-likeness (QED) is 0.556. The third kappa shape index (κ3) is 1.04. The predicted octanol–water partition coefficient (Wildman–Crippen LogP) is 2.82. The summed E-state index contributed by atoms with van der Waals surface area (Å²) >= 11 is 3.56. The van der Waals surface area contributed by atoms with Crippen molar-refractivity contribution in [2.45, 2.75) is 25.7 Å². The van der Waals surface area contributed by atoms with Crippen molar-refractivity contribution in [2.24, 2.45) is 17.8 Å². The van der Waals surface area contributed by atoms with Gasteiger partial charge in [-0.25, -0.2) is 0 Å². The van der Waals surface area contributed by atoms with E-state index < -0.39 is 0 Å². The maximum absolute atomic E-state index is 3.56. The Labute approximate surface area is 65.1 Å². The van der Waals surface area contributed by atoms with Gasteiger partial charge in [0, 0.05) is 5.33 Å². The fourth-order valence-electron chi connectivity index (χ4n) is 2.42. The van der Waals surface area contributed by atoms with E-state index in [-0.39, 0.29) is 0 Å². The zero-order valence-electron chi connectivity index (χ0n) is 5.65. The summed E-state index contributed by atoms with van der Waals surface area (Å²) in [5, 5.41) is 1.25. The molecule has 0 atom stereocenters. The highest BCUT2D eigenvalue weighted by Crippen LogP contribution is 2.48. The zero-order chi connectivity index (χ0) is 6.27. The molecule has 0 heterocycles. The van der Waals surface area contributed by atoms with Crippen LogP contribution in [0, 0.1) is 17.8 Å². The fourth-order valence-corrected chi connectivity index (χ4v) is 2.95. The molecule has 0 radical (unpaired) electrons. The molecule has 3 saturated carbocycles. The normalized spacial score (nSPS) is 48.3. The summed E-state index contributed by atoms with van der Waals surface area (Å²) in [7, 11) is 0. The summed E-state index contributed by atoms with van der Waals surface area (Å²) in [4.78, 5) is 0. The first-order valence-corrected chi connectivity index (χ1v) is 5.06. The van der Waals surface area contributed by atoms with Crippen LogP contribution in [0.1, 0.15) is 25.7 Å². The molecule has 0 unspecified atom stereocenters. The Balaban J connectivity index is 1.89. The maximum atomic E-state index is 3.56. The minimum Gasteiger partial charge on any atom is -0.0925 e. The van der Waals surface area contributed by atoms with Gasteiger partial charge in [-0.2, -0.15) is 0 Å². The maximum Gasteiger partial charge on any atom is 0.00598 e. The average Bonchev–Trinajstić information content (AvgIpc) is 1.87. The largest absolute Gasteiger partial charge is 0.0925 e. The molecule has 3 rings (SSSR count). The minimum absolute atomic E-state index is 1.03. The van der Waals surface area contributed by atoms with Crippen molar-refractivity contribution in [1.82, 2.24) is 0 Å². The second-order valence-electron chi connectivity index (χ2n) is 3.70. The molecule has 0 aromatic rings. The van der Waals surface area contributed by atoms with Crippen LogP contribution in [0.3, 0.4) is 0 Å². The Kier molecular flexibility index (Phi) is 1.56. The molecule has 0 saturated heterocycles. The number of alkyl halides is 1. The molecule has 3 aliphatic rings. The second-order valence-corrected chi connectivity index (χ2v) is 4.34. The van der Waals surface area contributed by atoms with Gasteiger partial charge in [0.05, 0.1) is 0 Å². The van der Waals surface area contributed by atoms with Crippen molar-refractivity contribution < 1.29 is 0 Å². The minimum atomic E-state index is 1.03. The van der Waals surface area contributed by atoms with Crippen LogP contribution in [0.2, 0.25) is 0 Å². The Bertz CT molecular complexity index is 95.1. The van der Waals surface area contributed by atoms with Gasteiger partial charge in [0.2, 0.25) is 0 Å². The van der Waals surface area contributed by atoms with Gasteiger partial charge in [-0.05, 0) is 43.4 Å². The first-order valence-electron chi connectivity index (χ1n) is 3.94. The van der Waals surface area contributed by atoms with Crippen LogP contribution >= 0.6 is 15.9 Å². The summed E-state index contributed by atoms with van der Waals surface area (Å²) in [5.74, 6) is 3.29. The molecule has 3 fully saturated rings. The van der Waals surface area contributed by atoms with Crippen LogP contribution in [0.15, 0.2) is 0 Å². The SMILES string of the molecule is BrCC1CC2CC(C1)C2. The van der Waals surface area contributed by atoms with Crippen LogP contribution < -0.4 is 0 Å². The van der Waals surface area contributed by atoms with Crippen molar-refractivity contribution in [3.05, 3.63) is 0 Å². The summed E-state index contributed by atoms with van der Waals surface area (Å²) in [6.45, 7) is 0. The topological polar surface area (TPSA) is 0 Å². The van der Waals surface area contributed by atoms with Gasteiger partial charge in [0.25, 0.3) is 0 Å². The molecule has 0 aromatic carbocycles. The van der Waals surface area contributed by atoms with E-state index in [9.17, 15) is 0 Å². The van der Waals surface area contributed by atoms with Crippen LogP contribution in [-0.4, -0.2) is 5.33 Å². The summed E-state index contributed by atoms with van der Waals surface area (Å²) in [5.41, 5.74) is 0. The van der Waals surface area contributed by atoms with Gasteiger partial charge in [-0.3, -0.25) is 0 Å². The lowest BCUT2D eigenvalue weighted by atomic mass is 9.62. The van der Waals surface area contributed by atoms with Gasteiger partial charge < -0.3 is 0 Å². The van der Waals surface area contributed by atoms with E-state index in [0.717, 1.165) is 17.8 Å². The Hall–Kier alpha value is 0.480. The van der Waals surface area contributed by atoms with E-state index in [1.165, 1.54) is 18.2 Å². The van der Waals surface area contributed by atoms with Crippen molar-refractivity contribution in [2.75, 3.05) is 5.33 Å². The molecule has 2 bridgehead atoms. The van der Waals surface area contributed by atoms with E-state index in [1.54, 1.807) is 12.8 Å². The summed E-state index contributed by atoms with van der Waals surface area (Å²) < 4.78 is 0. The molecule has 0 nitrogen and oxygen atoms in total. The number of hydrogen-bond acceptors (Lipinski definition) is 0. The molecule has 9 heavy (non-hydrogen) atoms. The first kappa shape index (κ1) is 6.21. The van der Waals surface area contributed by atoms with Crippen molar-refractivity contribution in [3.8, 4) is 0 Å². The van der Waals surface area contributed by atoms with Crippen LogP contribution in [0.4, 0.5) is 0 Å². The number of hydrogen-bond donors (Lipinski definition) is 0. The average molecular weight is 189 g/mol. The van der Waals surface area contributed by atoms with E-state index in [2.05, 4.69) is 15.9 Å². The molecule has 0 amide bonds. The molecule has 52 valence electrons. The molecular formula is C8H13Br. The molecule has 0 N–H and O–H groups in total. The zero-order valence-corrected chi connectivity index (χ0v) is 7.23. The van der Waals surface area contributed by atoms with Gasteiger partial charge in [-0.1, -0.05) is 15.9 Å². The lowest BCUT2D eigenvalue weighted by Gasteiger charge is -2.44. The third-order valence-corrected chi connectivity index (χ3v) is 3.80. The highest BCUT2D eigenvalue weighted by molar-refractivity contribution is 9.09. The van der Waals surface area contributed by atoms with Gasteiger partial charge in [-0.15, -0.1) is 0 Å². The van der Waals surface area contributed by atoms with Crippen molar-refractivity contribution in [1.29, 1.82) is 0 Å². The van der Waals surface area contributed by atoms with E-state index in [0.29, 0.717) is 0 Å². The predicted molar refractivity (Wildman–Crippen MR) is 42.7 cm³/mol. The monoisotopic (exact) mass is 188 g/mol. The Morgan fingerprint density at radius 3 is 1.89 bits per heavy atom. The van der Waals surface area contributed by atoms with Crippen molar-refractivity contribution in [3.63, 3.8) is 0 Å². The smallest absolute Gasteiger partial charge is 0.00598 e. The first-order chi connectivity index (χ1) is 4.38. The molecule has 0 aromatic heterocycles. The number of fused-ring (bicyclic) bond motifs is 2. The Morgan fingerprint density at radius 1 is 1.00 bits per heavy atom. The highest BCUT2D eigenvalue weighted by Gasteiger charge is 2.37. The third-order valence-electron chi connectivity index (χ3n) is 2.88. The van der Waals surface area contributed by atoms with E-state index in [1.807, 2.05) is 0 Å². The molecular weight excluding hydrogens is 176 g/mol. The van der Waals surface area contributed by atoms with Crippen LogP contribution in [0.5, 0.6) is 0 Å². The molecule has 0 spiro atoms. The van der Waals surface area contributed by atoms with Crippen LogP contribution in [-0.2, 0) is 0 Å². The van der Waals surface area contributed by atoms with Crippen LogP contribution in [0.25, 0.3) is 0 Å². The van der Waals surface area contributed by atoms with E-state index in [4.69, 9.17) is 0 Å². The summed E-state index contributed by atoms with van der Waals surface area (Å²) in [6.07, 6.45) is 6.15. The molecule has 0 aliphatic heterocycles. The molecule has 1 heteroatoms. The number of rotatable bonds is 1. The molecule has 3 aliphatic carbocycles.